The second-order valence-electron chi connectivity index (χ2n) is 4.33. The molecule has 1 heterocycles. The van der Waals surface area contributed by atoms with Crippen LogP contribution in [0, 0.1) is 23.0 Å². The standard InChI is InChI=1S/C14H12F2N2O2/c15-10-3-9(4-11(16)5-10)13(6-17)12(1-2-19)14-7-18-8-20-14/h3-5,7-8,12-13,19H,1-2H2/t12-,13+/m0/s1. The number of aliphatic hydroxyl groups excluding tert-OH is 1. The molecule has 4 nitrogen and oxygen atoms in total. The Kier molecular flexibility index (Phi) is 4.43. The molecule has 2 rings (SSSR count). The topological polar surface area (TPSA) is 70.0 Å². The highest BCUT2D eigenvalue weighted by molar-refractivity contribution is 5.30. The predicted molar refractivity (Wildman–Crippen MR) is 65.7 cm³/mol. The zero-order valence-corrected chi connectivity index (χ0v) is 10.5. The number of halogens is 2. The van der Waals surface area contributed by atoms with Crippen molar-refractivity contribution in [3.63, 3.8) is 0 Å². The summed E-state index contributed by atoms with van der Waals surface area (Å²) in [6, 6.07) is 4.97. The molecule has 0 unspecified atom stereocenters. The Morgan fingerprint density at radius 2 is 2.00 bits per heavy atom. The van der Waals surface area contributed by atoms with Crippen molar-refractivity contribution in [1.29, 1.82) is 5.26 Å². The fraction of sp³-hybridized carbons (Fsp3) is 0.286. The van der Waals surface area contributed by atoms with Gasteiger partial charge in [-0.3, -0.25) is 0 Å². The maximum atomic E-state index is 13.3. The molecule has 104 valence electrons. The van der Waals surface area contributed by atoms with Gasteiger partial charge in [0.05, 0.1) is 18.2 Å². The minimum Gasteiger partial charge on any atom is -0.448 e. The third-order valence-electron chi connectivity index (χ3n) is 3.04. The number of oxazole rings is 1. The lowest BCUT2D eigenvalue weighted by Crippen LogP contribution is -2.12. The largest absolute Gasteiger partial charge is 0.448 e. The Morgan fingerprint density at radius 3 is 2.50 bits per heavy atom. The molecule has 1 aromatic heterocycles. The van der Waals surface area contributed by atoms with Crippen molar-refractivity contribution in [3.05, 3.63) is 53.7 Å². The third-order valence-corrected chi connectivity index (χ3v) is 3.04. The van der Waals surface area contributed by atoms with E-state index in [-0.39, 0.29) is 18.6 Å². The molecule has 6 heteroatoms. The van der Waals surface area contributed by atoms with E-state index in [1.165, 1.54) is 12.6 Å². The van der Waals surface area contributed by atoms with Crippen molar-refractivity contribution < 1.29 is 18.3 Å². The highest BCUT2D eigenvalue weighted by atomic mass is 19.1. The summed E-state index contributed by atoms with van der Waals surface area (Å²) in [4.78, 5) is 3.76. The number of rotatable bonds is 5. The molecule has 0 radical (unpaired) electrons. The van der Waals surface area contributed by atoms with E-state index in [2.05, 4.69) is 4.98 Å². The van der Waals surface area contributed by atoms with E-state index >= 15 is 0 Å². The summed E-state index contributed by atoms with van der Waals surface area (Å²) in [5, 5.41) is 18.4. The van der Waals surface area contributed by atoms with Crippen LogP contribution in [0.1, 0.15) is 29.6 Å². The molecule has 0 aliphatic carbocycles. The van der Waals surface area contributed by atoms with E-state index < -0.39 is 23.5 Å². The van der Waals surface area contributed by atoms with Crippen LogP contribution in [0.5, 0.6) is 0 Å². The van der Waals surface area contributed by atoms with Crippen LogP contribution in [0.2, 0.25) is 0 Å². The van der Waals surface area contributed by atoms with Crippen LogP contribution in [0.15, 0.2) is 35.2 Å². The molecule has 1 aromatic carbocycles. The minimum absolute atomic E-state index is 0.179. The zero-order valence-electron chi connectivity index (χ0n) is 10.5. The number of nitriles is 1. The summed E-state index contributed by atoms with van der Waals surface area (Å²) in [6.45, 7) is -0.179. The fourth-order valence-electron chi connectivity index (χ4n) is 2.17. The van der Waals surface area contributed by atoms with Crippen LogP contribution in [0.3, 0.4) is 0 Å². The SMILES string of the molecule is N#C[C@H](c1cc(F)cc(F)c1)[C@H](CCO)c1cnco1. The summed E-state index contributed by atoms with van der Waals surface area (Å²) >= 11 is 0. The summed E-state index contributed by atoms with van der Waals surface area (Å²) in [6.07, 6.45) is 2.87. The maximum Gasteiger partial charge on any atom is 0.180 e. The Bertz CT molecular complexity index is 588. The normalized spacial score (nSPS) is 13.7. The molecule has 2 aromatic rings. The molecule has 0 aliphatic rings. The van der Waals surface area contributed by atoms with Crippen molar-refractivity contribution in [2.45, 2.75) is 18.3 Å². The number of nitrogens with zero attached hydrogens (tertiary/aromatic N) is 2. The van der Waals surface area contributed by atoms with Crippen LogP contribution >= 0.6 is 0 Å². The van der Waals surface area contributed by atoms with Gasteiger partial charge >= 0.3 is 0 Å². The molecule has 0 spiro atoms. The number of hydrogen-bond acceptors (Lipinski definition) is 4. The number of aliphatic hydroxyl groups is 1. The van der Waals surface area contributed by atoms with Gasteiger partial charge in [-0.15, -0.1) is 0 Å². The number of aromatic nitrogens is 1. The maximum absolute atomic E-state index is 13.3. The minimum atomic E-state index is -0.833. The second-order valence-corrected chi connectivity index (χ2v) is 4.33. The first-order valence-corrected chi connectivity index (χ1v) is 6.00. The summed E-state index contributed by atoms with van der Waals surface area (Å²) in [5.41, 5.74) is 0.208. The zero-order chi connectivity index (χ0) is 14.5. The van der Waals surface area contributed by atoms with E-state index in [0.29, 0.717) is 5.76 Å². The lowest BCUT2D eigenvalue weighted by molar-refractivity contribution is 0.262. The van der Waals surface area contributed by atoms with Crippen LogP contribution in [0.25, 0.3) is 0 Å². The number of hydrogen-bond donors (Lipinski definition) is 1. The Balaban J connectivity index is 2.41. The van der Waals surface area contributed by atoms with Gasteiger partial charge in [0.15, 0.2) is 6.39 Å². The van der Waals surface area contributed by atoms with Gasteiger partial charge in [0.1, 0.15) is 17.4 Å². The summed E-state index contributed by atoms with van der Waals surface area (Å²) in [5.74, 6) is -2.45. The van der Waals surface area contributed by atoms with E-state index in [9.17, 15) is 14.0 Å². The fourth-order valence-corrected chi connectivity index (χ4v) is 2.17. The molecule has 1 N–H and O–H groups in total. The first-order valence-electron chi connectivity index (χ1n) is 6.00. The van der Waals surface area contributed by atoms with Crippen LogP contribution in [-0.4, -0.2) is 16.7 Å². The summed E-state index contributed by atoms with van der Waals surface area (Å²) < 4.78 is 31.7. The molecule has 0 saturated carbocycles. The lowest BCUT2D eigenvalue weighted by Gasteiger charge is -2.19. The molecule has 0 amide bonds. The molecular formula is C14H12F2N2O2. The molecule has 2 atom stereocenters. The van der Waals surface area contributed by atoms with E-state index in [1.807, 2.05) is 6.07 Å². The van der Waals surface area contributed by atoms with Gasteiger partial charge in [-0.05, 0) is 24.1 Å². The van der Waals surface area contributed by atoms with E-state index in [4.69, 9.17) is 9.52 Å². The van der Waals surface area contributed by atoms with E-state index in [1.54, 1.807) is 0 Å². The molecule has 0 saturated heterocycles. The lowest BCUT2D eigenvalue weighted by atomic mass is 9.83. The Labute approximate surface area is 114 Å². The van der Waals surface area contributed by atoms with Crippen molar-refractivity contribution in [2.24, 2.45) is 0 Å². The molecule has 20 heavy (non-hydrogen) atoms. The average Bonchev–Trinajstić information content (AvgIpc) is 2.91. The molecule has 0 aliphatic heterocycles. The Morgan fingerprint density at radius 1 is 1.30 bits per heavy atom. The highest BCUT2D eigenvalue weighted by Gasteiger charge is 2.27. The van der Waals surface area contributed by atoms with Crippen molar-refractivity contribution in [1.82, 2.24) is 4.98 Å². The van der Waals surface area contributed by atoms with Crippen molar-refractivity contribution in [2.75, 3.05) is 6.61 Å². The highest BCUT2D eigenvalue weighted by Crippen LogP contribution is 2.35. The quantitative estimate of drug-likeness (QED) is 0.912. The van der Waals surface area contributed by atoms with Gasteiger partial charge in [0.2, 0.25) is 0 Å². The van der Waals surface area contributed by atoms with Crippen LogP contribution in [-0.2, 0) is 0 Å². The average molecular weight is 278 g/mol. The number of benzene rings is 1. The second kappa shape index (κ2) is 6.26. The van der Waals surface area contributed by atoms with Gasteiger partial charge < -0.3 is 9.52 Å². The predicted octanol–water partition coefficient (Wildman–Crippen LogP) is 2.73. The summed E-state index contributed by atoms with van der Waals surface area (Å²) in [7, 11) is 0. The first kappa shape index (κ1) is 14.2. The van der Waals surface area contributed by atoms with Crippen molar-refractivity contribution in [3.8, 4) is 6.07 Å². The van der Waals surface area contributed by atoms with Gasteiger partial charge in [0, 0.05) is 18.6 Å². The van der Waals surface area contributed by atoms with E-state index in [0.717, 1.165) is 18.2 Å². The van der Waals surface area contributed by atoms with Gasteiger partial charge in [-0.1, -0.05) is 0 Å². The monoisotopic (exact) mass is 278 g/mol. The van der Waals surface area contributed by atoms with Gasteiger partial charge in [0.25, 0.3) is 0 Å². The molecule has 0 fully saturated rings. The van der Waals surface area contributed by atoms with Gasteiger partial charge in [-0.2, -0.15) is 5.26 Å². The Hall–Kier alpha value is -2.26. The smallest absolute Gasteiger partial charge is 0.180 e. The third kappa shape index (κ3) is 3.00. The van der Waals surface area contributed by atoms with Crippen LogP contribution < -0.4 is 0 Å². The molecular weight excluding hydrogens is 266 g/mol. The van der Waals surface area contributed by atoms with Gasteiger partial charge in [-0.25, -0.2) is 13.8 Å². The van der Waals surface area contributed by atoms with Crippen molar-refractivity contribution >= 4 is 0 Å². The first-order chi connectivity index (χ1) is 9.65. The molecule has 0 bridgehead atoms. The van der Waals surface area contributed by atoms with Crippen LogP contribution in [0.4, 0.5) is 8.78 Å².